The monoisotopic (exact) mass is 508 g/mol. The van der Waals surface area contributed by atoms with Crippen molar-refractivity contribution < 1.29 is 28.6 Å². The summed E-state index contributed by atoms with van der Waals surface area (Å²) in [5, 5.41) is 3.19. The Morgan fingerprint density at radius 2 is 1.20 bits per heavy atom. The lowest BCUT2D eigenvalue weighted by molar-refractivity contribution is -0.151. The fourth-order valence-corrected chi connectivity index (χ4v) is 4.96. The number of carbonyl (C=O) groups is 3. The molecule has 4 aromatic rings. The second-order valence-electron chi connectivity index (χ2n) is 8.09. The van der Waals surface area contributed by atoms with Crippen LogP contribution in [0.5, 0.6) is 0 Å². The molecular weight excluding hydrogens is 491 g/mol. The van der Waals surface area contributed by atoms with E-state index < -0.39 is 24.0 Å². The van der Waals surface area contributed by atoms with E-state index in [-0.39, 0.29) is 34.4 Å². The van der Waals surface area contributed by atoms with E-state index in [9.17, 15) is 14.4 Å². The highest BCUT2D eigenvalue weighted by Crippen LogP contribution is 2.44. The first-order valence-corrected chi connectivity index (χ1v) is 11.5. The van der Waals surface area contributed by atoms with E-state index in [4.69, 9.17) is 37.4 Å². The van der Waals surface area contributed by atoms with Crippen molar-refractivity contribution in [3.63, 3.8) is 0 Å². The predicted octanol–water partition coefficient (Wildman–Crippen LogP) is 6.23. The summed E-state index contributed by atoms with van der Waals surface area (Å²) in [7, 11) is 0. The van der Waals surface area contributed by atoms with Crippen molar-refractivity contribution in [3.05, 3.63) is 81.8 Å². The standard InChI is InChI=1S/C27H18Cl2O6/c1-14(30)35-17-12-33-26(31)24-20(28)10-15-6-2-4-8-18(15)22(24)23-19-9-5-3-7-16(19)11-21(29)25(23)27(32)34-13-17/h2-11,17H,12-13H2,1H3. The number of fused-ring (bicyclic) bond motifs is 7. The van der Waals surface area contributed by atoms with E-state index in [1.54, 1.807) is 12.1 Å². The summed E-state index contributed by atoms with van der Waals surface area (Å²) < 4.78 is 16.2. The molecule has 0 aliphatic carbocycles. The molecule has 0 aromatic heterocycles. The van der Waals surface area contributed by atoms with Crippen molar-refractivity contribution >= 4 is 62.7 Å². The first-order chi connectivity index (χ1) is 16.8. The van der Waals surface area contributed by atoms with Gasteiger partial charge in [-0.1, -0.05) is 71.7 Å². The molecule has 176 valence electrons. The van der Waals surface area contributed by atoms with Crippen LogP contribution in [0.15, 0.2) is 60.7 Å². The molecule has 0 radical (unpaired) electrons. The van der Waals surface area contributed by atoms with Crippen molar-refractivity contribution in [2.24, 2.45) is 0 Å². The number of cyclic esters (lactones) is 2. The Morgan fingerprint density at radius 1 is 0.771 bits per heavy atom. The Balaban J connectivity index is 1.91. The zero-order valence-corrected chi connectivity index (χ0v) is 20.0. The summed E-state index contributed by atoms with van der Waals surface area (Å²) in [5.41, 5.74) is 0.981. The molecule has 35 heavy (non-hydrogen) atoms. The van der Waals surface area contributed by atoms with E-state index >= 15 is 0 Å². The summed E-state index contributed by atoms with van der Waals surface area (Å²) in [6.45, 7) is 0.573. The molecule has 0 spiro atoms. The zero-order valence-electron chi connectivity index (χ0n) is 18.5. The van der Waals surface area contributed by atoms with Gasteiger partial charge in [-0.3, -0.25) is 4.79 Å². The average Bonchev–Trinajstić information content (AvgIpc) is 2.84. The number of hydrogen-bond acceptors (Lipinski definition) is 6. The van der Waals surface area contributed by atoms with Gasteiger partial charge in [-0.2, -0.15) is 0 Å². The van der Waals surface area contributed by atoms with Crippen LogP contribution in [0.4, 0.5) is 0 Å². The highest BCUT2D eigenvalue weighted by atomic mass is 35.5. The zero-order chi connectivity index (χ0) is 24.7. The van der Waals surface area contributed by atoms with E-state index in [0.29, 0.717) is 21.9 Å². The third kappa shape index (κ3) is 4.20. The lowest BCUT2D eigenvalue weighted by atomic mass is 9.87. The van der Waals surface area contributed by atoms with Gasteiger partial charge >= 0.3 is 17.9 Å². The topological polar surface area (TPSA) is 78.9 Å². The number of benzene rings is 4. The van der Waals surface area contributed by atoms with Crippen molar-refractivity contribution in [1.82, 2.24) is 0 Å². The summed E-state index contributed by atoms with van der Waals surface area (Å²) in [5.74, 6) is -2.06. The number of esters is 3. The molecule has 0 amide bonds. The number of rotatable bonds is 1. The van der Waals surface area contributed by atoms with Gasteiger partial charge in [0, 0.05) is 18.1 Å². The lowest BCUT2D eigenvalue weighted by Gasteiger charge is -2.19. The Hall–Kier alpha value is -3.61. The maximum Gasteiger partial charge on any atom is 0.340 e. The van der Waals surface area contributed by atoms with E-state index in [1.165, 1.54) is 6.92 Å². The molecule has 6 nitrogen and oxygen atoms in total. The first-order valence-electron chi connectivity index (χ1n) is 10.8. The van der Waals surface area contributed by atoms with Gasteiger partial charge in [0.15, 0.2) is 6.10 Å². The molecule has 8 heteroatoms. The molecule has 0 fully saturated rings. The fraction of sp³-hybridized carbons (Fsp3) is 0.148. The minimum absolute atomic E-state index is 0.0790. The maximum absolute atomic E-state index is 13.4. The summed E-state index contributed by atoms with van der Waals surface area (Å²) in [6, 6.07) is 18.1. The average molecular weight is 509 g/mol. The van der Waals surface area contributed by atoms with E-state index in [2.05, 4.69) is 0 Å². The van der Waals surface area contributed by atoms with Crippen molar-refractivity contribution in [1.29, 1.82) is 0 Å². The number of ether oxygens (including phenoxy) is 3. The van der Waals surface area contributed by atoms with Crippen LogP contribution in [0.1, 0.15) is 27.6 Å². The normalized spacial score (nSPS) is 14.5. The second-order valence-corrected chi connectivity index (χ2v) is 8.90. The van der Waals surface area contributed by atoms with Crippen molar-refractivity contribution in [3.8, 4) is 11.1 Å². The number of carbonyl (C=O) groups excluding carboxylic acids is 3. The van der Waals surface area contributed by atoms with Gasteiger partial charge in [-0.15, -0.1) is 0 Å². The first kappa shape index (κ1) is 23.1. The third-order valence-corrected chi connectivity index (χ3v) is 6.39. The van der Waals surface area contributed by atoms with Crippen molar-refractivity contribution in [2.45, 2.75) is 13.0 Å². The molecule has 1 aliphatic rings. The number of halogens is 2. The Morgan fingerprint density at radius 3 is 1.63 bits per heavy atom. The van der Waals surface area contributed by atoms with Crippen LogP contribution in [0.25, 0.3) is 32.7 Å². The number of hydrogen-bond donors (Lipinski definition) is 0. The molecule has 4 aromatic carbocycles. The summed E-state index contributed by atoms with van der Waals surface area (Å²) >= 11 is 13.3. The van der Waals surface area contributed by atoms with Crippen LogP contribution < -0.4 is 0 Å². The Bertz CT molecular complexity index is 1420. The highest BCUT2D eigenvalue weighted by Gasteiger charge is 2.31. The Labute approximate surface area is 210 Å². The van der Waals surface area contributed by atoms with Crippen LogP contribution in [0, 0.1) is 0 Å². The molecule has 0 bridgehead atoms. The van der Waals surface area contributed by atoms with Gasteiger partial charge in [0.25, 0.3) is 0 Å². The molecule has 0 N–H and O–H groups in total. The molecule has 0 saturated heterocycles. The lowest BCUT2D eigenvalue weighted by Crippen LogP contribution is -2.30. The van der Waals surface area contributed by atoms with Crippen molar-refractivity contribution in [2.75, 3.05) is 13.2 Å². The molecule has 0 unspecified atom stereocenters. The van der Waals surface area contributed by atoms with Gasteiger partial charge in [-0.05, 0) is 33.7 Å². The third-order valence-electron chi connectivity index (χ3n) is 5.79. The molecule has 0 saturated carbocycles. The fourth-order valence-electron chi connectivity index (χ4n) is 4.38. The molecular formula is C27H18Cl2O6. The van der Waals surface area contributed by atoms with Crippen LogP contribution in [-0.4, -0.2) is 37.2 Å². The molecule has 1 heterocycles. The van der Waals surface area contributed by atoms with Gasteiger partial charge in [-0.25, -0.2) is 9.59 Å². The molecule has 5 rings (SSSR count). The van der Waals surface area contributed by atoms with Crippen LogP contribution in [-0.2, 0) is 19.0 Å². The Kier molecular flexibility index (Phi) is 6.09. The van der Waals surface area contributed by atoms with Gasteiger partial charge in [0.2, 0.25) is 0 Å². The predicted molar refractivity (Wildman–Crippen MR) is 133 cm³/mol. The van der Waals surface area contributed by atoms with E-state index in [0.717, 1.165) is 10.8 Å². The SMILES string of the molecule is CC(=O)OC1COC(=O)c2c(Cl)cc3ccccc3c2-c2c(c(Cl)cc3ccccc23)C(=O)OC1. The molecule has 0 atom stereocenters. The minimum atomic E-state index is -0.996. The highest BCUT2D eigenvalue weighted by molar-refractivity contribution is 6.38. The van der Waals surface area contributed by atoms with Gasteiger partial charge in [0.1, 0.15) is 13.2 Å². The minimum Gasteiger partial charge on any atom is -0.458 e. The summed E-state index contributed by atoms with van der Waals surface area (Å²) in [6.07, 6.45) is -0.996. The van der Waals surface area contributed by atoms with Gasteiger partial charge in [0.05, 0.1) is 21.2 Å². The van der Waals surface area contributed by atoms with Crippen LogP contribution in [0.3, 0.4) is 0 Å². The molecule has 1 aliphatic heterocycles. The second kappa shape index (κ2) is 9.21. The van der Waals surface area contributed by atoms with Gasteiger partial charge < -0.3 is 14.2 Å². The largest absolute Gasteiger partial charge is 0.458 e. The quantitative estimate of drug-likeness (QED) is 0.224. The van der Waals surface area contributed by atoms with E-state index in [1.807, 2.05) is 48.5 Å². The maximum atomic E-state index is 13.4. The smallest absolute Gasteiger partial charge is 0.340 e. The van der Waals surface area contributed by atoms with Crippen LogP contribution >= 0.6 is 23.2 Å². The summed E-state index contributed by atoms with van der Waals surface area (Å²) in [4.78, 5) is 38.4. The van der Waals surface area contributed by atoms with Crippen LogP contribution in [0.2, 0.25) is 10.0 Å².